The van der Waals surface area contributed by atoms with Crippen LogP contribution in [0.4, 0.5) is 0 Å². The molecule has 0 saturated carbocycles. The zero-order valence-corrected chi connectivity index (χ0v) is 15.9. The second-order valence-corrected chi connectivity index (χ2v) is 6.86. The fourth-order valence-corrected chi connectivity index (χ4v) is 2.52. The number of nitrogens with two attached hydrogens (primary N) is 1. The van der Waals surface area contributed by atoms with Crippen LogP contribution in [0, 0.1) is 5.92 Å². The second-order valence-electron chi connectivity index (χ2n) is 6.86. The Morgan fingerprint density at radius 3 is 2.11 bits per heavy atom. The van der Waals surface area contributed by atoms with Gasteiger partial charge in [-0.15, -0.1) is 0 Å². The molecule has 28 heavy (non-hydrogen) atoms. The van der Waals surface area contributed by atoms with E-state index in [1.807, 2.05) is 0 Å². The number of hydrogen-bond acceptors (Lipinski definition) is 5. The Morgan fingerprint density at radius 1 is 1.00 bits per heavy atom. The van der Waals surface area contributed by atoms with Crippen molar-refractivity contribution in [3.8, 4) is 0 Å². The van der Waals surface area contributed by atoms with Crippen LogP contribution in [0.15, 0.2) is 30.3 Å². The summed E-state index contributed by atoms with van der Waals surface area (Å²) >= 11 is 0. The topological polar surface area (TPSA) is 159 Å². The molecule has 0 bridgehead atoms. The number of carboxylic acid groups (broad SMARTS) is 2. The molecular weight excluding hydrogens is 366 g/mol. The molecule has 9 heteroatoms. The molecule has 0 radical (unpaired) electrons. The molecule has 0 aliphatic heterocycles. The molecule has 1 rings (SSSR count). The molecule has 0 aromatic heterocycles. The van der Waals surface area contributed by atoms with Crippen molar-refractivity contribution in [1.82, 2.24) is 10.6 Å². The van der Waals surface area contributed by atoms with Crippen LogP contribution < -0.4 is 16.4 Å². The fourth-order valence-electron chi connectivity index (χ4n) is 2.52. The number of amides is 2. The van der Waals surface area contributed by atoms with E-state index in [0.717, 1.165) is 5.56 Å². The molecule has 0 heterocycles. The number of carbonyl (C=O) groups is 4. The fraction of sp³-hybridized carbons (Fsp3) is 0.474. The minimum absolute atomic E-state index is 0.0701. The smallest absolute Gasteiger partial charge is 0.326 e. The van der Waals surface area contributed by atoms with E-state index in [1.165, 1.54) is 0 Å². The van der Waals surface area contributed by atoms with E-state index in [9.17, 15) is 24.3 Å². The van der Waals surface area contributed by atoms with Gasteiger partial charge in [0.25, 0.3) is 0 Å². The number of carboxylic acids is 2. The molecule has 9 nitrogen and oxygen atoms in total. The van der Waals surface area contributed by atoms with E-state index in [0.29, 0.717) is 0 Å². The number of benzene rings is 1. The molecule has 6 N–H and O–H groups in total. The van der Waals surface area contributed by atoms with E-state index < -0.39 is 41.9 Å². The number of nitrogens with one attached hydrogen (secondary N) is 2. The highest BCUT2D eigenvalue weighted by Gasteiger charge is 2.30. The van der Waals surface area contributed by atoms with Crippen LogP contribution in [0.2, 0.25) is 0 Å². The lowest BCUT2D eigenvalue weighted by Gasteiger charge is -2.25. The summed E-state index contributed by atoms with van der Waals surface area (Å²) in [4.78, 5) is 46.9. The Labute approximate surface area is 163 Å². The van der Waals surface area contributed by atoms with Crippen molar-refractivity contribution >= 4 is 23.8 Å². The molecule has 1 aromatic carbocycles. The highest BCUT2D eigenvalue weighted by molar-refractivity contribution is 5.92. The number of rotatable bonds is 11. The summed E-state index contributed by atoms with van der Waals surface area (Å²) in [5.74, 6) is -3.90. The molecule has 3 atom stereocenters. The minimum atomic E-state index is -1.19. The Bertz CT molecular complexity index is 692. The molecule has 0 saturated heterocycles. The van der Waals surface area contributed by atoms with Crippen LogP contribution in [-0.4, -0.2) is 52.1 Å². The molecule has 2 amide bonds. The third kappa shape index (κ3) is 7.75. The van der Waals surface area contributed by atoms with Gasteiger partial charge in [-0.1, -0.05) is 44.2 Å². The Kier molecular flexibility index (Phi) is 9.10. The van der Waals surface area contributed by atoms with Crippen molar-refractivity contribution < 1.29 is 29.4 Å². The van der Waals surface area contributed by atoms with Crippen LogP contribution in [0.25, 0.3) is 0 Å². The summed E-state index contributed by atoms with van der Waals surface area (Å²) in [6.45, 7) is 3.39. The predicted molar refractivity (Wildman–Crippen MR) is 101 cm³/mol. The van der Waals surface area contributed by atoms with Gasteiger partial charge in [0, 0.05) is 12.8 Å². The highest BCUT2D eigenvalue weighted by Crippen LogP contribution is 2.07. The molecule has 1 aromatic rings. The van der Waals surface area contributed by atoms with Crippen LogP contribution in [-0.2, 0) is 25.6 Å². The normalized spacial score (nSPS) is 14.0. The summed E-state index contributed by atoms with van der Waals surface area (Å²) < 4.78 is 0. The Balaban J connectivity index is 2.77. The van der Waals surface area contributed by atoms with Gasteiger partial charge in [0.05, 0.1) is 6.04 Å². The minimum Gasteiger partial charge on any atom is -0.481 e. The maximum absolute atomic E-state index is 12.6. The van der Waals surface area contributed by atoms with Crippen molar-refractivity contribution in [3.05, 3.63) is 35.9 Å². The van der Waals surface area contributed by atoms with Gasteiger partial charge in [0.1, 0.15) is 12.1 Å². The first kappa shape index (κ1) is 23.1. The standard InChI is InChI=1S/C19H27N3O6/c1-11(2)16(22-17(25)13(20)8-9-15(23)24)18(26)21-14(19(27)28)10-12-6-4-3-5-7-12/h3-7,11,13-14,16H,8-10,20H2,1-2H3,(H,21,26)(H,22,25)(H,23,24)(H,27,28)/t13-,14-,16+/m1/s1. The van der Waals surface area contributed by atoms with Crippen molar-refractivity contribution in [1.29, 1.82) is 0 Å². The van der Waals surface area contributed by atoms with E-state index in [2.05, 4.69) is 10.6 Å². The van der Waals surface area contributed by atoms with Crippen LogP contribution in [0.3, 0.4) is 0 Å². The van der Waals surface area contributed by atoms with Crippen molar-refractivity contribution in [3.63, 3.8) is 0 Å². The number of hydrogen-bond donors (Lipinski definition) is 5. The zero-order valence-electron chi connectivity index (χ0n) is 15.9. The largest absolute Gasteiger partial charge is 0.481 e. The van der Waals surface area contributed by atoms with Crippen LogP contribution in [0.1, 0.15) is 32.3 Å². The Hall–Kier alpha value is -2.94. The third-order valence-corrected chi connectivity index (χ3v) is 4.15. The van der Waals surface area contributed by atoms with E-state index in [1.54, 1.807) is 44.2 Å². The van der Waals surface area contributed by atoms with Crippen molar-refractivity contribution in [2.75, 3.05) is 0 Å². The summed E-state index contributed by atoms with van der Waals surface area (Å²) in [6.07, 6.45) is -0.247. The van der Waals surface area contributed by atoms with E-state index >= 15 is 0 Å². The molecule has 0 fully saturated rings. The molecule has 0 unspecified atom stereocenters. The van der Waals surface area contributed by atoms with Gasteiger partial charge in [-0.3, -0.25) is 14.4 Å². The monoisotopic (exact) mass is 393 g/mol. The summed E-state index contributed by atoms with van der Waals surface area (Å²) in [5.41, 5.74) is 6.41. The first-order valence-electron chi connectivity index (χ1n) is 8.96. The second kappa shape index (κ2) is 11.0. The first-order chi connectivity index (χ1) is 13.1. The first-order valence-corrected chi connectivity index (χ1v) is 8.96. The van der Waals surface area contributed by atoms with Crippen LogP contribution in [0.5, 0.6) is 0 Å². The van der Waals surface area contributed by atoms with E-state index in [-0.39, 0.29) is 25.2 Å². The van der Waals surface area contributed by atoms with Gasteiger partial charge in [-0.05, 0) is 17.9 Å². The summed E-state index contributed by atoms with van der Waals surface area (Å²) in [7, 11) is 0. The average Bonchev–Trinajstić information content (AvgIpc) is 2.63. The number of aliphatic carboxylic acids is 2. The lowest BCUT2D eigenvalue weighted by Crippen LogP contribution is -2.56. The van der Waals surface area contributed by atoms with E-state index in [4.69, 9.17) is 10.8 Å². The van der Waals surface area contributed by atoms with Crippen molar-refractivity contribution in [2.24, 2.45) is 11.7 Å². The maximum atomic E-state index is 12.6. The summed E-state index contributed by atoms with van der Waals surface area (Å²) in [6, 6.07) is 5.61. The van der Waals surface area contributed by atoms with Crippen LogP contribution >= 0.6 is 0 Å². The zero-order chi connectivity index (χ0) is 21.3. The third-order valence-electron chi connectivity index (χ3n) is 4.15. The molecule has 154 valence electrons. The van der Waals surface area contributed by atoms with Crippen molar-refractivity contribution in [2.45, 2.75) is 51.2 Å². The average molecular weight is 393 g/mol. The number of carbonyl (C=O) groups excluding carboxylic acids is 2. The SMILES string of the molecule is CC(C)[C@H](NC(=O)[C@H](N)CCC(=O)O)C(=O)N[C@H](Cc1ccccc1)C(=O)O. The maximum Gasteiger partial charge on any atom is 0.326 e. The molecular formula is C19H27N3O6. The van der Waals surface area contributed by atoms with Gasteiger partial charge in [0.15, 0.2) is 0 Å². The van der Waals surface area contributed by atoms with Gasteiger partial charge < -0.3 is 26.6 Å². The quantitative estimate of drug-likeness (QED) is 0.357. The van der Waals surface area contributed by atoms with Gasteiger partial charge in [-0.25, -0.2) is 4.79 Å². The van der Waals surface area contributed by atoms with Gasteiger partial charge in [0.2, 0.25) is 11.8 Å². The van der Waals surface area contributed by atoms with Gasteiger partial charge >= 0.3 is 11.9 Å². The lowest BCUT2D eigenvalue weighted by molar-refractivity contribution is -0.142. The predicted octanol–water partition coefficient (Wildman–Crippen LogP) is 0.131. The molecule has 0 aliphatic rings. The molecule has 0 spiro atoms. The van der Waals surface area contributed by atoms with Gasteiger partial charge in [-0.2, -0.15) is 0 Å². The molecule has 0 aliphatic carbocycles. The Morgan fingerprint density at radius 2 is 1.61 bits per heavy atom. The lowest BCUT2D eigenvalue weighted by atomic mass is 10.0. The highest BCUT2D eigenvalue weighted by atomic mass is 16.4. The summed E-state index contributed by atoms with van der Waals surface area (Å²) in [5, 5.41) is 23.0.